The summed E-state index contributed by atoms with van der Waals surface area (Å²) in [4.78, 5) is 26.4. The molecule has 1 spiro atoms. The van der Waals surface area contributed by atoms with Crippen LogP contribution in [0.5, 0.6) is 0 Å². The molecule has 0 amide bonds. The normalized spacial score (nSPS) is 18.1. The second kappa shape index (κ2) is 6.51. The van der Waals surface area contributed by atoms with Crippen molar-refractivity contribution in [2.45, 2.75) is 31.8 Å². The number of fused-ring (bicyclic) bond motifs is 2. The number of pyridine rings is 1. The van der Waals surface area contributed by atoms with Crippen molar-refractivity contribution in [1.29, 1.82) is 0 Å². The molecule has 160 valence electrons. The van der Waals surface area contributed by atoms with E-state index in [1.54, 1.807) is 27.0 Å². The van der Waals surface area contributed by atoms with E-state index in [0.29, 0.717) is 17.1 Å². The number of rotatable bonds is 3. The lowest BCUT2D eigenvalue weighted by atomic mass is 9.85. The van der Waals surface area contributed by atoms with Gasteiger partial charge < -0.3 is 15.1 Å². The van der Waals surface area contributed by atoms with E-state index in [1.807, 2.05) is 19.2 Å². The first-order valence-electron chi connectivity index (χ1n) is 10.4. The highest BCUT2D eigenvalue weighted by Crippen LogP contribution is 2.36. The average molecular weight is 421 g/mol. The fraction of sp³-hybridized carbons (Fsp3) is 0.450. The summed E-state index contributed by atoms with van der Waals surface area (Å²) in [5.74, 6) is 0.422. The summed E-state index contributed by atoms with van der Waals surface area (Å²) in [7, 11) is 1.75. The van der Waals surface area contributed by atoms with E-state index in [2.05, 4.69) is 25.4 Å². The molecule has 0 radical (unpaired) electrons. The highest BCUT2D eigenvalue weighted by molar-refractivity contribution is 5.73. The van der Waals surface area contributed by atoms with Crippen LogP contribution in [0.25, 0.3) is 16.8 Å². The molecule has 2 aliphatic rings. The largest absolute Gasteiger partial charge is 0.375 e. The highest BCUT2D eigenvalue weighted by Gasteiger charge is 2.41. The molecule has 0 atom stereocenters. The minimum absolute atomic E-state index is 0.0178. The van der Waals surface area contributed by atoms with Gasteiger partial charge in [0.25, 0.3) is 0 Å². The van der Waals surface area contributed by atoms with Gasteiger partial charge in [0, 0.05) is 20.1 Å². The van der Waals surface area contributed by atoms with Crippen LogP contribution in [0.4, 0.5) is 11.6 Å². The first-order chi connectivity index (χ1) is 15.0. The standard InChI is InChI=1S/C20H23N9O2/c1-13-9-16-22-12-23-28(16)11-14(13)24-18-21-10-15-17(25-18)29(19(30)26(15)2)27-6-3-20(4-7-27)5-8-31-20/h9-12H,3-8H2,1-2H3,(H,21,24,25). The Hall–Kier alpha value is -3.47. The Morgan fingerprint density at radius 2 is 2.00 bits per heavy atom. The molecule has 0 bridgehead atoms. The summed E-state index contributed by atoms with van der Waals surface area (Å²) in [5.41, 5.74) is 3.78. The summed E-state index contributed by atoms with van der Waals surface area (Å²) in [6, 6.07) is 1.94. The molecule has 2 fully saturated rings. The zero-order valence-corrected chi connectivity index (χ0v) is 17.4. The van der Waals surface area contributed by atoms with E-state index >= 15 is 0 Å². The van der Waals surface area contributed by atoms with Crippen LogP contribution in [0.3, 0.4) is 0 Å². The summed E-state index contributed by atoms with van der Waals surface area (Å²) in [6.07, 6.45) is 8.00. The third-order valence-corrected chi connectivity index (χ3v) is 6.55. The van der Waals surface area contributed by atoms with Crippen LogP contribution in [0.2, 0.25) is 0 Å². The van der Waals surface area contributed by atoms with Gasteiger partial charge in [-0.05, 0) is 37.8 Å². The molecular weight excluding hydrogens is 398 g/mol. The minimum Gasteiger partial charge on any atom is -0.375 e. The maximum Gasteiger partial charge on any atom is 0.349 e. The zero-order valence-electron chi connectivity index (χ0n) is 17.4. The van der Waals surface area contributed by atoms with Crippen LogP contribution in [-0.4, -0.2) is 59.1 Å². The van der Waals surface area contributed by atoms with Crippen molar-refractivity contribution in [2.24, 2.45) is 7.05 Å². The molecule has 11 heteroatoms. The second-order valence-electron chi connectivity index (χ2n) is 8.35. The van der Waals surface area contributed by atoms with Crippen LogP contribution >= 0.6 is 0 Å². The van der Waals surface area contributed by atoms with Crippen molar-refractivity contribution < 1.29 is 4.74 Å². The topological polar surface area (TPSA) is 107 Å². The van der Waals surface area contributed by atoms with E-state index in [0.717, 1.165) is 55.9 Å². The first kappa shape index (κ1) is 18.3. The lowest BCUT2D eigenvalue weighted by Crippen LogP contribution is -2.56. The number of hydrogen-bond acceptors (Lipinski definition) is 8. The van der Waals surface area contributed by atoms with Crippen molar-refractivity contribution in [3.8, 4) is 0 Å². The number of aromatic nitrogens is 7. The van der Waals surface area contributed by atoms with Gasteiger partial charge in [0.05, 0.1) is 30.3 Å². The Balaban J connectivity index is 1.37. The number of nitrogens with one attached hydrogen (secondary N) is 1. The zero-order chi connectivity index (χ0) is 21.2. The second-order valence-corrected chi connectivity index (χ2v) is 8.35. The number of ether oxygens (including phenoxy) is 1. The molecule has 0 aliphatic carbocycles. The Bertz CT molecular complexity index is 1350. The molecule has 31 heavy (non-hydrogen) atoms. The smallest absolute Gasteiger partial charge is 0.349 e. The molecule has 1 N–H and O–H groups in total. The lowest BCUT2D eigenvalue weighted by molar-refractivity contribution is -0.159. The van der Waals surface area contributed by atoms with Crippen molar-refractivity contribution in [2.75, 3.05) is 30.0 Å². The van der Waals surface area contributed by atoms with Crippen molar-refractivity contribution >= 4 is 28.4 Å². The molecule has 0 aromatic carbocycles. The Morgan fingerprint density at radius 1 is 1.19 bits per heavy atom. The lowest BCUT2D eigenvalue weighted by Gasteiger charge is -2.47. The summed E-state index contributed by atoms with van der Waals surface area (Å²) < 4.78 is 10.8. The van der Waals surface area contributed by atoms with Gasteiger partial charge >= 0.3 is 5.69 Å². The van der Waals surface area contributed by atoms with Gasteiger partial charge in [0.2, 0.25) is 5.95 Å². The fourth-order valence-electron chi connectivity index (χ4n) is 4.51. The Labute approximate surface area is 177 Å². The van der Waals surface area contributed by atoms with Crippen molar-refractivity contribution in [1.82, 2.24) is 33.8 Å². The maximum atomic E-state index is 13.0. The van der Waals surface area contributed by atoms with Crippen molar-refractivity contribution in [3.05, 3.63) is 40.8 Å². The van der Waals surface area contributed by atoms with E-state index in [-0.39, 0.29) is 11.3 Å². The van der Waals surface area contributed by atoms with Crippen molar-refractivity contribution in [3.63, 3.8) is 0 Å². The summed E-state index contributed by atoms with van der Waals surface area (Å²) in [5, 5.41) is 9.52. The number of imidazole rings is 1. The van der Waals surface area contributed by atoms with E-state index < -0.39 is 0 Å². The summed E-state index contributed by atoms with van der Waals surface area (Å²) >= 11 is 0. The third-order valence-electron chi connectivity index (χ3n) is 6.55. The number of aryl methyl sites for hydroxylation is 2. The molecule has 4 aromatic heterocycles. The third kappa shape index (κ3) is 2.80. The number of hydrogen-bond donors (Lipinski definition) is 1. The molecule has 0 saturated carbocycles. The van der Waals surface area contributed by atoms with Gasteiger partial charge in [-0.3, -0.25) is 4.57 Å². The van der Waals surface area contributed by atoms with E-state index in [4.69, 9.17) is 9.72 Å². The van der Waals surface area contributed by atoms with Crippen LogP contribution < -0.4 is 16.0 Å². The van der Waals surface area contributed by atoms with Crippen LogP contribution in [0.1, 0.15) is 24.8 Å². The van der Waals surface area contributed by atoms with E-state index in [9.17, 15) is 4.79 Å². The SMILES string of the molecule is Cc1cc2ncnn2cc1Nc1ncc2c(n1)n(N1CCC3(CCO3)CC1)c(=O)n2C. The molecule has 6 heterocycles. The molecule has 2 saturated heterocycles. The predicted octanol–water partition coefficient (Wildman–Crippen LogP) is 1.12. The van der Waals surface area contributed by atoms with Gasteiger partial charge in [-0.1, -0.05) is 0 Å². The number of nitrogens with zero attached hydrogens (tertiary/aromatic N) is 8. The van der Waals surface area contributed by atoms with Gasteiger partial charge in [-0.15, -0.1) is 0 Å². The number of piperidine rings is 1. The quantitative estimate of drug-likeness (QED) is 0.524. The van der Waals surface area contributed by atoms with E-state index in [1.165, 1.54) is 6.33 Å². The maximum absolute atomic E-state index is 13.0. The molecule has 0 unspecified atom stereocenters. The van der Waals surface area contributed by atoms with Gasteiger partial charge in [0.15, 0.2) is 11.3 Å². The Morgan fingerprint density at radius 3 is 2.74 bits per heavy atom. The molecule has 2 aliphatic heterocycles. The monoisotopic (exact) mass is 421 g/mol. The highest BCUT2D eigenvalue weighted by atomic mass is 16.5. The molecular formula is C20H23N9O2. The van der Waals surface area contributed by atoms with Crippen LogP contribution in [0.15, 0.2) is 29.6 Å². The van der Waals surface area contributed by atoms with Crippen LogP contribution in [0, 0.1) is 6.92 Å². The molecule has 4 aromatic rings. The summed E-state index contributed by atoms with van der Waals surface area (Å²) in [6.45, 7) is 4.35. The van der Waals surface area contributed by atoms with Gasteiger partial charge in [-0.25, -0.2) is 19.3 Å². The number of anilines is 2. The molecule has 6 rings (SSSR count). The molecule has 11 nitrogen and oxygen atoms in total. The fourth-order valence-corrected chi connectivity index (χ4v) is 4.51. The van der Waals surface area contributed by atoms with Gasteiger partial charge in [-0.2, -0.15) is 14.8 Å². The predicted molar refractivity (Wildman–Crippen MR) is 114 cm³/mol. The Kier molecular flexibility index (Phi) is 3.85. The first-order valence-corrected chi connectivity index (χ1v) is 10.4. The average Bonchev–Trinajstić information content (AvgIpc) is 3.29. The van der Waals surface area contributed by atoms with Crippen LogP contribution in [-0.2, 0) is 11.8 Å². The van der Waals surface area contributed by atoms with Gasteiger partial charge in [0.1, 0.15) is 11.8 Å². The minimum atomic E-state index is -0.118.